The maximum atomic E-state index is 12.8. The molecule has 7 nitrogen and oxygen atoms in total. The van der Waals surface area contributed by atoms with E-state index in [2.05, 4.69) is 20.9 Å². The SMILES string of the molecule is COC(=O)CCCNC(=S)NNC(=O)[C@@H](C)Oc1ccc(F)cc1. The van der Waals surface area contributed by atoms with Gasteiger partial charge in [0.15, 0.2) is 11.2 Å². The fourth-order valence-corrected chi connectivity index (χ4v) is 1.72. The Balaban J connectivity index is 2.23. The number of halogens is 1. The minimum absolute atomic E-state index is 0.210. The molecule has 0 spiro atoms. The van der Waals surface area contributed by atoms with E-state index in [1.54, 1.807) is 6.92 Å². The standard InChI is InChI=1S/C15H20FN3O4S/c1-10(23-12-7-5-11(16)6-8-12)14(21)18-19-15(24)17-9-3-4-13(20)22-2/h5-8,10H,3-4,9H2,1-2H3,(H,18,21)(H2,17,19,24)/t10-/m1/s1. The molecule has 0 aromatic heterocycles. The topological polar surface area (TPSA) is 88.7 Å². The molecule has 132 valence electrons. The summed E-state index contributed by atoms with van der Waals surface area (Å²) in [5, 5.41) is 3.04. The van der Waals surface area contributed by atoms with E-state index in [1.807, 2.05) is 0 Å². The van der Waals surface area contributed by atoms with Crippen LogP contribution >= 0.6 is 12.2 Å². The van der Waals surface area contributed by atoms with Crippen molar-refractivity contribution < 1.29 is 23.5 Å². The summed E-state index contributed by atoms with van der Waals surface area (Å²) in [4.78, 5) is 22.8. The lowest BCUT2D eigenvalue weighted by Gasteiger charge is -2.16. The number of methoxy groups -OCH3 is 1. The highest BCUT2D eigenvalue weighted by molar-refractivity contribution is 7.80. The largest absolute Gasteiger partial charge is 0.481 e. The highest BCUT2D eigenvalue weighted by Gasteiger charge is 2.14. The van der Waals surface area contributed by atoms with Crippen LogP contribution in [-0.4, -0.2) is 36.7 Å². The number of hydrogen-bond donors (Lipinski definition) is 3. The molecular weight excluding hydrogens is 337 g/mol. The van der Waals surface area contributed by atoms with Gasteiger partial charge in [0.2, 0.25) is 0 Å². The number of benzene rings is 1. The van der Waals surface area contributed by atoms with E-state index in [-0.39, 0.29) is 23.3 Å². The molecule has 0 fully saturated rings. The Bertz CT molecular complexity index is 568. The summed E-state index contributed by atoms with van der Waals surface area (Å²) in [5.41, 5.74) is 4.92. The predicted molar refractivity (Wildman–Crippen MR) is 89.6 cm³/mol. The summed E-state index contributed by atoms with van der Waals surface area (Å²) in [6, 6.07) is 5.34. The van der Waals surface area contributed by atoms with Crippen LogP contribution in [-0.2, 0) is 14.3 Å². The summed E-state index contributed by atoms with van der Waals surface area (Å²) in [6.45, 7) is 2.01. The van der Waals surface area contributed by atoms with Crippen LogP contribution in [0.2, 0.25) is 0 Å². The summed E-state index contributed by atoms with van der Waals surface area (Å²) >= 11 is 4.97. The summed E-state index contributed by atoms with van der Waals surface area (Å²) < 4.78 is 22.7. The van der Waals surface area contributed by atoms with E-state index in [0.29, 0.717) is 18.7 Å². The molecule has 0 radical (unpaired) electrons. The van der Waals surface area contributed by atoms with Gasteiger partial charge < -0.3 is 14.8 Å². The average Bonchev–Trinajstić information content (AvgIpc) is 2.58. The average molecular weight is 357 g/mol. The van der Waals surface area contributed by atoms with Crippen molar-refractivity contribution in [3.05, 3.63) is 30.1 Å². The van der Waals surface area contributed by atoms with Crippen molar-refractivity contribution >= 4 is 29.2 Å². The van der Waals surface area contributed by atoms with Crippen LogP contribution in [0.3, 0.4) is 0 Å². The number of rotatable bonds is 7. The number of ether oxygens (including phenoxy) is 2. The van der Waals surface area contributed by atoms with E-state index in [9.17, 15) is 14.0 Å². The van der Waals surface area contributed by atoms with Gasteiger partial charge >= 0.3 is 5.97 Å². The van der Waals surface area contributed by atoms with Crippen LogP contribution in [0.5, 0.6) is 5.75 Å². The molecule has 0 unspecified atom stereocenters. The Morgan fingerprint density at radius 3 is 2.54 bits per heavy atom. The van der Waals surface area contributed by atoms with Gasteiger partial charge in [-0.15, -0.1) is 0 Å². The van der Waals surface area contributed by atoms with Crippen molar-refractivity contribution in [1.82, 2.24) is 16.2 Å². The van der Waals surface area contributed by atoms with Crippen molar-refractivity contribution in [3.8, 4) is 5.75 Å². The van der Waals surface area contributed by atoms with Crippen LogP contribution in [0.15, 0.2) is 24.3 Å². The van der Waals surface area contributed by atoms with Gasteiger partial charge in [0.25, 0.3) is 5.91 Å². The van der Waals surface area contributed by atoms with Gasteiger partial charge in [0.1, 0.15) is 11.6 Å². The van der Waals surface area contributed by atoms with Crippen molar-refractivity contribution in [3.63, 3.8) is 0 Å². The van der Waals surface area contributed by atoms with E-state index < -0.39 is 12.0 Å². The lowest BCUT2D eigenvalue weighted by Crippen LogP contribution is -2.50. The third-order valence-electron chi connectivity index (χ3n) is 2.87. The van der Waals surface area contributed by atoms with Crippen molar-refractivity contribution in [2.45, 2.75) is 25.9 Å². The molecule has 0 bridgehead atoms. The van der Waals surface area contributed by atoms with Crippen molar-refractivity contribution in [2.24, 2.45) is 0 Å². The van der Waals surface area contributed by atoms with Gasteiger partial charge in [-0.1, -0.05) is 0 Å². The first-order valence-electron chi connectivity index (χ1n) is 7.25. The molecule has 3 N–H and O–H groups in total. The second-order valence-corrected chi connectivity index (χ2v) is 5.17. The minimum atomic E-state index is -0.801. The second-order valence-electron chi connectivity index (χ2n) is 4.76. The molecule has 1 rings (SSSR count). The smallest absolute Gasteiger partial charge is 0.305 e. The molecule has 24 heavy (non-hydrogen) atoms. The predicted octanol–water partition coefficient (Wildman–Crippen LogP) is 1.04. The number of hydrazine groups is 1. The second kappa shape index (κ2) is 10.4. The highest BCUT2D eigenvalue weighted by atomic mass is 32.1. The Labute approximate surface area is 144 Å². The molecule has 1 aromatic rings. The zero-order chi connectivity index (χ0) is 17.9. The quantitative estimate of drug-likeness (QED) is 0.291. The van der Waals surface area contributed by atoms with E-state index >= 15 is 0 Å². The number of nitrogens with one attached hydrogen (secondary N) is 3. The lowest BCUT2D eigenvalue weighted by molar-refractivity contribution is -0.140. The Hall–Kier alpha value is -2.42. The van der Waals surface area contributed by atoms with Gasteiger partial charge in [-0.25, -0.2) is 4.39 Å². The summed E-state index contributed by atoms with van der Waals surface area (Å²) in [6.07, 6.45) is 0.0261. The molecular formula is C15H20FN3O4S. The fraction of sp³-hybridized carbons (Fsp3) is 0.400. The molecule has 0 saturated heterocycles. The number of hydrogen-bond acceptors (Lipinski definition) is 5. The van der Waals surface area contributed by atoms with E-state index in [4.69, 9.17) is 17.0 Å². The molecule has 0 aliphatic carbocycles. The zero-order valence-electron chi connectivity index (χ0n) is 13.4. The van der Waals surface area contributed by atoms with Gasteiger partial charge in [0.05, 0.1) is 7.11 Å². The van der Waals surface area contributed by atoms with Crippen molar-refractivity contribution in [2.75, 3.05) is 13.7 Å². The maximum Gasteiger partial charge on any atom is 0.305 e. The number of amides is 1. The molecule has 1 atom stereocenters. The van der Waals surface area contributed by atoms with Crippen LogP contribution in [0.4, 0.5) is 4.39 Å². The minimum Gasteiger partial charge on any atom is -0.481 e. The van der Waals surface area contributed by atoms with Crippen LogP contribution in [0.25, 0.3) is 0 Å². The van der Waals surface area contributed by atoms with Crippen LogP contribution in [0.1, 0.15) is 19.8 Å². The van der Waals surface area contributed by atoms with E-state index in [0.717, 1.165) is 0 Å². The third-order valence-corrected chi connectivity index (χ3v) is 3.11. The number of thiocarbonyl (C=S) groups is 1. The molecule has 0 aliphatic heterocycles. The van der Waals surface area contributed by atoms with Crippen molar-refractivity contribution in [1.29, 1.82) is 0 Å². The number of carbonyl (C=O) groups is 2. The normalized spacial score (nSPS) is 11.1. The molecule has 9 heteroatoms. The molecule has 0 heterocycles. The molecule has 1 amide bonds. The Morgan fingerprint density at radius 2 is 1.92 bits per heavy atom. The maximum absolute atomic E-state index is 12.8. The van der Waals surface area contributed by atoms with Gasteiger partial charge in [0, 0.05) is 13.0 Å². The van der Waals surface area contributed by atoms with Crippen LogP contribution in [0, 0.1) is 5.82 Å². The van der Waals surface area contributed by atoms with E-state index in [1.165, 1.54) is 31.4 Å². The molecule has 1 aromatic carbocycles. The van der Waals surface area contributed by atoms with Crippen LogP contribution < -0.4 is 20.9 Å². The zero-order valence-corrected chi connectivity index (χ0v) is 14.2. The first-order valence-corrected chi connectivity index (χ1v) is 7.66. The van der Waals surface area contributed by atoms with Gasteiger partial charge in [-0.3, -0.25) is 20.4 Å². The highest BCUT2D eigenvalue weighted by Crippen LogP contribution is 2.12. The number of carbonyl (C=O) groups excluding carboxylic acids is 2. The third kappa shape index (κ3) is 7.73. The van der Waals surface area contributed by atoms with Gasteiger partial charge in [-0.2, -0.15) is 0 Å². The fourth-order valence-electron chi connectivity index (χ4n) is 1.57. The first kappa shape index (κ1) is 19.6. The Kier molecular flexibility index (Phi) is 8.48. The summed E-state index contributed by atoms with van der Waals surface area (Å²) in [7, 11) is 1.33. The van der Waals surface area contributed by atoms with Gasteiger partial charge in [-0.05, 0) is 49.8 Å². The number of esters is 1. The Morgan fingerprint density at radius 1 is 1.25 bits per heavy atom. The monoisotopic (exact) mass is 357 g/mol. The summed E-state index contributed by atoms with van der Waals surface area (Å²) in [5.74, 6) is -0.749. The first-order chi connectivity index (χ1) is 11.4. The lowest BCUT2D eigenvalue weighted by atomic mass is 10.3. The molecule has 0 saturated carbocycles. The molecule has 0 aliphatic rings.